The number of rotatable bonds is 5. The Bertz CT molecular complexity index is 850. The van der Waals surface area contributed by atoms with E-state index in [1.807, 2.05) is 36.4 Å². The van der Waals surface area contributed by atoms with Gasteiger partial charge in [-0.3, -0.25) is 14.0 Å². The van der Waals surface area contributed by atoms with Crippen LogP contribution in [0.1, 0.15) is 17.5 Å². The van der Waals surface area contributed by atoms with Gasteiger partial charge in [0.25, 0.3) is 0 Å². The number of amides is 2. The Labute approximate surface area is 171 Å². The first-order valence-corrected chi connectivity index (χ1v) is 11.5. The fourth-order valence-corrected chi connectivity index (χ4v) is 6.27. The van der Waals surface area contributed by atoms with Crippen molar-refractivity contribution in [1.29, 1.82) is 0 Å². The lowest BCUT2D eigenvalue weighted by Crippen LogP contribution is -2.70. The summed E-state index contributed by atoms with van der Waals surface area (Å²) >= 11 is 5.85. The second-order valence-electron chi connectivity index (χ2n) is 7.62. The number of nitrogens with zero attached hydrogens (tertiary/aromatic N) is 1. The largest absolute Gasteiger partial charge is 0.334 e. The number of halogens is 1. The van der Waals surface area contributed by atoms with Crippen molar-refractivity contribution in [3.8, 4) is 0 Å². The number of carbonyl (C=O) groups excluding carboxylic acids is 1. The van der Waals surface area contributed by atoms with E-state index in [0.29, 0.717) is 23.1 Å². The third kappa shape index (κ3) is 4.29. The highest BCUT2D eigenvalue weighted by molar-refractivity contribution is 8.25. The molecule has 2 aliphatic rings. The summed E-state index contributed by atoms with van der Waals surface area (Å²) in [6.45, 7) is 2.21. The molecule has 1 spiro atoms. The van der Waals surface area contributed by atoms with Gasteiger partial charge in [-0.2, -0.15) is 10.6 Å². The molecular weight excluding hydrogens is 398 g/mol. The average Bonchev–Trinajstić information content (AvgIpc) is 2.64. The van der Waals surface area contributed by atoms with Gasteiger partial charge < -0.3 is 10.6 Å². The molecule has 0 radical (unpaired) electrons. The Kier molecular flexibility index (Phi) is 5.28. The summed E-state index contributed by atoms with van der Waals surface area (Å²) in [6.07, 6.45) is 1.04. The monoisotopic (exact) mass is 421 g/mol. The highest BCUT2D eigenvalue weighted by atomic mass is 35.5. The van der Waals surface area contributed by atoms with Gasteiger partial charge in [0.2, 0.25) is 0 Å². The summed E-state index contributed by atoms with van der Waals surface area (Å²) in [5, 5.41) is 6.32. The van der Waals surface area contributed by atoms with Crippen LogP contribution in [0.2, 0.25) is 5.02 Å². The lowest BCUT2D eigenvalue weighted by molar-refractivity contribution is -0.00298. The van der Waals surface area contributed by atoms with Crippen molar-refractivity contribution in [2.45, 2.75) is 25.0 Å². The summed E-state index contributed by atoms with van der Waals surface area (Å²) < 4.78 is 19.4. The molecule has 2 aliphatic heterocycles. The zero-order chi connectivity index (χ0) is 19.8. The van der Waals surface area contributed by atoms with Gasteiger partial charge in [0, 0.05) is 30.3 Å². The van der Waals surface area contributed by atoms with E-state index in [-0.39, 0.29) is 11.6 Å². The van der Waals surface area contributed by atoms with Crippen molar-refractivity contribution in [3.63, 3.8) is 0 Å². The fourth-order valence-electron chi connectivity index (χ4n) is 3.85. The Morgan fingerprint density at radius 2 is 1.71 bits per heavy atom. The average molecular weight is 422 g/mol. The first-order chi connectivity index (χ1) is 13.3. The van der Waals surface area contributed by atoms with Crippen LogP contribution < -0.4 is 10.6 Å². The maximum atomic E-state index is 12.1. The summed E-state index contributed by atoms with van der Waals surface area (Å²) in [6, 6.07) is 14.9. The molecule has 0 bridgehead atoms. The van der Waals surface area contributed by atoms with E-state index < -0.39 is 10.6 Å². The van der Waals surface area contributed by atoms with Crippen LogP contribution in [0.15, 0.2) is 48.5 Å². The Morgan fingerprint density at radius 3 is 2.29 bits per heavy atom. The van der Waals surface area contributed by atoms with Gasteiger partial charge >= 0.3 is 6.03 Å². The SMILES string of the molecule is O=C(NCc1ccc(Cl)cc1)Nc1ccc(CN2CCC23CS(O)(O)C3)cc1. The normalized spacial score (nSPS) is 20.7. The minimum absolute atomic E-state index is 0.00267. The number of urea groups is 1. The second kappa shape index (κ2) is 7.57. The molecule has 28 heavy (non-hydrogen) atoms. The molecule has 2 heterocycles. The zero-order valence-electron chi connectivity index (χ0n) is 15.4. The molecule has 150 valence electrons. The molecule has 0 atom stereocenters. The summed E-state index contributed by atoms with van der Waals surface area (Å²) in [7, 11) is -2.33. The smallest absolute Gasteiger partial charge is 0.319 e. The van der Waals surface area contributed by atoms with E-state index in [0.717, 1.165) is 36.3 Å². The molecule has 2 amide bonds. The molecule has 0 aromatic heterocycles. The van der Waals surface area contributed by atoms with Gasteiger partial charge in [0.15, 0.2) is 0 Å². The van der Waals surface area contributed by atoms with Crippen LogP contribution in [-0.4, -0.2) is 43.6 Å². The standard InChI is InChI=1S/C20H24ClN3O3S/c21-17-5-1-15(2-6-17)11-22-19(25)23-18-7-3-16(4-8-18)12-24-10-9-20(24)13-28(26,27)14-20/h1-8,26-27H,9-14H2,(H2,22,23,25). The molecular formula is C20H24ClN3O3S. The van der Waals surface area contributed by atoms with Crippen LogP contribution in [0.25, 0.3) is 0 Å². The number of carbonyl (C=O) groups is 1. The molecule has 2 saturated heterocycles. The van der Waals surface area contributed by atoms with Crippen LogP contribution in [0.5, 0.6) is 0 Å². The Balaban J connectivity index is 1.25. The van der Waals surface area contributed by atoms with Crippen molar-refractivity contribution >= 4 is 33.9 Å². The summed E-state index contributed by atoms with van der Waals surface area (Å²) in [5.41, 5.74) is 2.85. The zero-order valence-corrected chi connectivity index (χ0v) is 17.0. The maximum absolute atomic E-state index is 12.1. The van der Waals surface area contributed by atoms with E-state index in [9.17, 15) is 13.9 Å². The molecule has 0 unspecified atom stereocenters. The van der Waals surface area contributed by atoms with Crippen molar-refractivity contribution < 1.29 is 13.9 Å². The number of anilines is 1. The first kappa shape index (κ1) is 19.5. The maximum Gasteiger partial charge on any atom is 0.319 e. The molecule has 0 saturated carbocycles. The molecule has 6 nitrogen and oxygen atoms in total. The van der Waals surface area contributed by atoms with Crippen molar-refractivity contribution in [2.24, 2.45) is 0 Å². The predicted octanol–water partition coefficient (Wildman–Crippen LogP) is 4.37. The number of hydrogen-bond donors (Lipinski definition) is 4. The van der Waals surface area contributed by atoms with E-state index in [1.54, 1.807) is 12.1 Å². The topological polar surface area (TPSA) is 84.8 Å². The van der Waals surface area contributed by atoms with E-state index >= 15 is 0 Å². The molecule has 2 fully saturated rings. The Morgan fingerprint density at radius 1 is 1.07 bits per heavy atom. The quantitative estimate of drug-likeness (QED) is 0.577. The van der Waals surface area contributed by atoms with Gasteiger partial charge in [0.1, 0.15) is 0 Å². The molecule has 0 aliphatic carbocycles. The lowest BCUT2D eigenvalue weighted by atomic mass is 9.87. The fraction of sp³-hybridized carbons (Fsp3) is 0.350. The van der Waals surface area contributed by atoms with Gasteiger partial charge in [-0.05, 0) is 41.8 Å². The van der Waals surface area contributed by atoms with Gasteiger partial charge in [-0.1, -0.05) is 35.9 Å². The molecule has 4 rings (SSSR count). The number of hydrogen-bond acceptors (Lipinski definition) is 4. The van der Waals surface area contributed by atoms with Crippen LogP contribution in [-0.2, 0) is 13.1 Å². The number of nitrogens with one attached hydrogen (secondary N) is 2. The van der Waals surface area contributed by atoms with Crippen LogP contribution in [0.4, 0.5) is 10.5 Å². The van der Waals surface area contributed by atoms with Crippen LogP contribution in [0.3, 0.4) is 0 Å². The van der Waals surface area contributed by atoms with Crippen LogP contribution in [0, 0.1) is 0 Å². The van der Waals surface area contributed by atoms with Gasteiger partial charge in [0.05, 0.1) is 17.0 Å². The minimum atomic E-state index is -2.33. The van der Waals surface area contributed by atoms with Gasteiger partial charge in [-0.25, -0.2) is 4.79 Å². The third-order valence-corrected chi connectivity index (χ3v) is 7.72. The van der Waals surface area contributed by atoms with E-state index in [2.05, 4.69) is 15.5 Å². The van der Waals surface area contributed by atoms with Crippen LogP contribution >= 0.6 is 22.2 Å². The Hall–Kier alpha value is -1.77. The molecule has 4 N–H and O–H groups in total. The predicted molar refractivity (Wildman–Crippen MR) is 114 cm³/mol. The van der Waals surface area contributed by atoms with Crippen molar-refractivity contribution in [3.05, 3.63) is 64.7 Å². The highest BCUT2D eigenvalue weighted by Gasteiger charge is 2.56. The van der Waals surface area contributed by atoms with E-state index in [1.165, 1.54) is 0 Å². The lowest BCUT2D eigenvalue weighted by Gasteiger charge is -2.66. The van der Waals surface area contributed by atoms with E-state index in [4.69, 9.17) is 11.6 Å². The van der Waals surface area contributed by atoms with Crippen molar-refractivity contribution in [1.82, 2.24) is 10.2 Å². The highest BCUT2D eigenvalue weighted by Crippen LogP contribution is 2.60. The molecule has 2 aromatic carbocycles. The number of benzene rings is 2. The summed E-state index contributed by atoms with van der Waals surface area (Å²) in [4.78, 5) is 14.4. The van der Waals surface area contributed by atoms with Gasteiger partial charge in [-0.15, -0.1) is 0 Å². The minimum Gasteiger partial charge on any atom is -0.334 e. The molecule has 2 aromatic rings. The number of likely N-dealkylation sites (tertiary alicyclic amines) is 1. The third-order valence-electron chi connectivity index (χ3n) is 5.47. The van der Waals surface area contributed by atoms with Crippen molar-refractivity contribution in [2.75, 3.05) is 23.4 Å². The molecule has 8 heteroatoms. The summed E-state index contributed by atoms with van der Waals surface area (Å²) in [5.74, 6) is 1.01. The first-order valence-electron chi connectivity index (χ1n) is 9.21. The second-order valence-corrected chi connectivity index (χ2v) is 10.2.